The molecule has 1 aliphatic rings. The first-order valence-electron chi connectivity index (χ1n) is 6.08. The van der Waals surface area contributed by atoms with Gasteiger partial charge in [-0.15, -0.1) is 0 Å². The van der Waals surface area contributed by atoms with Crippen LogP contribution >= 0.6 is 0 Å². The van der Waals surface area contributed by atoms with Gasteiger partial charge >= 0.3 is 0 Å². The number of rotatable bonds is 2. The number of hydrogen-bond acceptors (Lipinski definition) is 5. The lowest BCUT2D eigenvalue weighted by Crippen LogP contribution is -2.52. The van der Waals surface area contributed by atoms with E-state index < -0.39 is 24.0 Å². The first-order valence-corrected chi connectivity index (χ1v) is 6.08. The summed E-state index contributed by atoms with van der Waals surface area (Å²) < 4.78 is 5.48. The van der Waals surface area contributed by atoms with Gasteiger partial charge in [-0.05, 0) is 31.5 Å². The van der Waals surface area contributed by atoms with Crippen molar-refractivity contribution in [3.05, 3.63) is 23.8 Å². The summed E-state index contributed by atoms with van der Waals surface area (Å²) in [6.45, 7) is 3.46. The molecule has 0 radical (unpaired) electrons. The van der Waals surface area contributed by atoms with Crippen molar-refractivity contribution in [3.63, 3.8) is 0 Å². The van der Waals surface area contributed by atoms with Crippen LogP contribution in [-0.2, 0) is 16.1 Å². The van der Waals surface area contributed by atoms with Crippen LogP contribution in [0.5, 0.6) is 5.75 Å². The number of ether oxygens (including phenoxy) is 1. The quantitative estimate of drug-likeness (QED) is 0.790. The molecule has 1 aliphatic heterocycles. The summed E-state index contributed by atoms with van der Waals surface area (Å²) in [6, 6.07) is 4.43. The van der Waals surface area contributed by atoms with Gasteiger partial charge in [-0.2, -0.15) is 0 Å². The van der Waals surface area contributed by atoms with Crippen molar-refractivity contribution in [1.82, 2.24) is 0 Å². The smallest absolute Gasteiger partial charge is 0.274 e. The number of carbonyl (C=O) groups is 2. The molecule has 1 heterocycles. The van der Waals surface area contributed by atoms with Crippen molar-refractivity contribution >= 4 is 17.5 Å². The zero-order valence-corrected chi connectivity index (χ0v) is 10.9. The van der Waals surface area contributed by atoms with Crippen molar-refractivity contribution < 1.29 is 14.3 Å². The maximum atomic E-state index is 12.1. The molecule has 1 aromatic carbocycles. The number of carbonyl (C=O) groups excluding carboxylic acids is 2. The van der Waals surface area contributed by atoms with E-state index in [9.17, 15) is 9.59 Å². The zero-order chi connectivity index (χ0) is 14.2. The van der Waals surface area contributed by atoms with E-state index in [2.05, 4.69) is 0 Å². The van der Waals surface area contributed by atoms with Crippen LogP contribution in [0.1, 0.15) is 19.4 Å². The molecule has 102 valence electrons. The highest BCUT2D eigenvalue weighted by Gasteiger charge is 2.36. The molecule has 2 rings (SSSR count). The summed E-state index contributed by atoms with van der Waals surface area (Å²) in [5, 5.41) is 0. The summed E-state index contributed by atoms with van der Waals surface area (Å²) in [4.78, 5) is 25.3. The normalized spacial score (nSPS) is 19.7. The SMILES string of the molecule is CC(N)C(=O)N1C(=O)C(C)Oc2ccc(CN)cc21. The molecule has 0 aromatic heterocycles. The maximum absolute atomic E-state index is 12.1. The second-order valence-electron chi connectivity index (χ2n) is 4.57. The number of fused-ring (bicyclic) bond motifs is 1. The Bertz CT molecular complexity index is 528. The lowest BCUT2D eigenvalue weighted by atomic mass is 10.1. The molecule has 1 aromatic rings. The molecular formula is C13H17N3O3. The molecule has 0 aliphatic carbocycles. The summed E-state index contributed by atoms with van der Waals surface area (Å²) >= 11 is 0. The van der Waals surface area contributed by atoms with Gasteiger partial charge in [-0.3, -0.25) is 9.59 Å². The molecule has 0 bridgehead atoms. The average Bonchev–Trinajstić information content (AvgIpc) is 2.39. The predicted molar refractivity (Wildman–Crippen MR) is 70.6 cm³/mol. The summed E-state index contributed by atoms with van der Waals surface area (Å²) in [5.74, 6) is -0.377. The molecule has 2 amide bonds. The minimum atomic E-state index is -0.761. The molecule has 0 saturated carbocycles. The Morgan fingerprint density at radius 1 is 1.53 bits per heavy atom. The number of imide groups is 1. The van der Waals surface area contributed by atoms with Gasteiger partial charge in [0, 0.05) is 6.54 Å². The highest BCUT2D eigenvalue weighted by molar-refractivity contribution is 6.19. The van der Waals surface area contributed by atoms with Gasteiger partial charge in [0.05, 0.1) is 11.7 Å². The van der Waals surface area contributed by atoms with E-state index in [1.807, 2.05) is 0 Å². The third-order valence-corrected chi connectivity index (χ3v) is 2.98. The molecule has 2 unspecified atom stereocenters. The molecule has 2 atom stereocenters. The average molecular weight is 263 g/mol. The Morgan fingerprint density at radius 2 is 2.21 bits per heavy atom. The Balaban J connectivity index is 2.53. The van der Waals surface area contributed by atoms with E-state index in [0.717, 1.165) is 10.5 Å². The van der Waals surface area contributed by atoms with Crippen molar-refractivity contribution in [3.8, 4) is 5.75 Å². The van der Waals surface area contributed by atoms with Crippen LogP contribution in [0.3, 0.4) is 0 Å². The van der Waals surface area contributed by atoms with Crippen molar-refractivity contribution in [2.24, 2.45) is 11.5 Å². The molecule has 0 fully saturated rings. The van der Waals surface area contributed by atoms with Crippen LogP contribution in [0.25, 0.3) is 0 Å². The number of amides is 2. The lowest BCUT2D eigenvalue weighted by Gasteiger charge is -2.32. The largest absolute Gasteiger partial charge is 0.479 e. The van der Waals surface area contributed by atoms with Crippen molar-refractivity contribution in [1.29, 1.82) is 0 Å². The standard InChI is InChI=1S/C13H17N3O3/c1-7(15)12(17)16-10-5-9(6-14)3-4-11(10)19-8(2)13(16)18/h3-5,7-8H,6,14-15H2,1-2H3. The number of nitrogens with two attached hydrogens (primary N) is 2. The number of benzene rings is 1. The van der Waals surface area contributed by atoms with E-state index in [1.54, 1.807) is 32.0 Å². The summed E-state index contributed by atoms with van der Waals surface area (Å²) in [6.07, 6.45) is -0.709. The monoisotopic (exact) mass is 263 g/mol. The van der Waals surface area contributed by atoms with Crippen molar-refractivity contribution in [2.75, 3.05) is 4.90 Å². The Labute approximate surface area is 111 Å². The Kier molecular flexibility index (Phi) is 3.55. The second kappa shape index (κ2) is 4.99. The van der Waals surface area contributed by atoms with Crippen LogP contribution in [0.4, 0.5) is 5.69 Å². The Morgan fingerprint density at radius 3 is 2.79 bits per heavy atom. The molecule has 6 heteroatoms. The van der Waals surface area contributed by atoms with E-state index in [0.29, 0.717) is 18.0 Å². The van der Waals surface area contributed by atoms with Gasteiger partial charge in [0.1, 0.15) is 5.75 Å². The predicted octanol–water partition coefficient (Wildman–Crippen LogP) is 0.133. The van der Waals surface area contributed by atoms with E-state index >= 15 is 0 Å². The van der Waals surface area contributed by atoms with Gasteiger partial charge in [-0.25, -0.2) is 4.90 Å². The third-order valence-electron chi connectivity index (χ3n) is 2.98. The molecule has 19 heavy (non-hydrogen) atoms. The lowest BCUT2D eigenvalue weighted by molar-refractivity contribution is -0.131. The molecular weight excluding hydrogens is 246 g/mol. The number of nitrogens with zero attached hydrogens (tertiary/aromatic N) is 1. The maximum Gasteiger partial charge on any atom is 0.274 e. The molecule has 4 N–H and O–H groups in total. The van der Waals surface area contributed by atoms with E-state index in [1.165, 1.54) is 0 Å². The van der Waals surface area contributed by atoms with Crippen molar-refractivity contribution in [2.45, 2.75) is 32.5 Å². The van der Waals surface area contributed by atoms with E-state index in [4.69, 9.17) is 16.2 Å². The first kappa shape index (κ1) is 13.5. The van der Waals surface area contributed by atoms with E-state index in [-0.39, 0.29) is 0 Å². The fraction of sp³-hybridized carbons (Fsp3) is 0.385. The van der Waals surface area contributed by atoms with Gasteiger partial charge in [0.15, 0.2) is 6.10 Å². The number of anilines is 1. The molecule has 6 nitrogen and oxygen atoms in total. The van der Waals surface area contributed by atoms with Gasteiger partial charge < -0.3 is 16.2 Å². The summed E-state index contributed by atoms with van der Waals surface area (Å²) in [5.41, 5.74) is 12.4. The van der Waals surface area contributed by atoms with Gasteiger partial charge in [-0.1, -0.05) is 6.07 Å². The highest BCUT2D eigenvalue weighted by Crippen LogP contribution is 2.35. The summed E-state index contributed by atoms with van der Waals surface area (Å²) in [7, 11) is 0. The minimum Gasteiger partial charge on any atom is -0.479 e. The van der Waals surface area contributed by atoms with Crippen LogP contribution < -0.4 is 21.1 Å². The zero-order valence-electron chi connectivity index (χ0n) is 10.9. The van der Waals surface area contributed by atoms with Crippen LogP contribution in [0.2, 0.25) is 0 Å². The second-order valence-corrected chi connectivity index (χ2v) is 4.57. The minimum absolute atomic E-state index is 0.317. The van der Waals surface area contributed by atoms with Gasteiger partial charge in [0.2, 0.25) is 0 Å². The first-order chi connectivity index (χ1) is 8.95. The van der Waals surface area contributed by atoms with Crippen LogP contribution in [0, 0.1) is 0 Å². The Hall–Kier alpha value is -1.92. The van der Waals surface area contributed by atoms with Crippen LogP contribution in [-0.4, -0.2) is 24.0 Å². The van der Waals surface area contributed by atoms with Crippen LogP contribution in [0.15, 0.2) is 18.2 Å². The molecule has 0 saturated heterocycles. The highest BCUT2D eigenvalue weighted by atomic mass is 16.5. The van der Waals surface area contributed by atoms with Gasteiger partial charge in [0.25, 0.3) is 11.8 Å². The topological polar surface area (TPSA) is 98.7 Å². The third kappa shape index (κ3) is 2.32. The fourth-order valence-electron chi connectivity index (χ4n) is 1.94. The molecule has 0 spiro atoms. The number of hydrogen-bond donors (Lipinski definition) is 2. The fourth-order valence-corrected chi connectivity index (χ4v) is 1.94.